The number of nitrogens with one attached hydrogen (secondary N) is 1. The van der Waals surface area contributed by atoms with Gasteiger partial charge in [0.1, 0.15) is 6.61 Å². The number of carbonyl (C=O) groups excluding carboxylic acids is 2. The van der Waals surface area contributed by atoms with E-state index in [0.717, 1.165) is 17.3 Å². The van der Waals surface area contributed by atoms with E-state index < -0.39 is 16.8 Å². The molecule has 152 valence electrons. The maximum absolute atomic E-state index is 12.2. The second-order valence-electron chi connectivity index (χ2n) is 6.41. The molecule has 9 heteroatoms. The van der Waals surface area contributed by atoms with Crippen molar-refractivity contribution in [2.45, 2.75) is 18.9 Å². The Morgan fingerprint density at radius 2 is 1.93 bits per heavy atom. The predicted molar refractivity (Wildman–Crippen MR) is 110 cm³/mol. The molecule has 0 saturated heterocycles. The zero-order valence-corrected chi connectivity index (χ0v) is 16.6. The Morgan fingerprint density at radius 3 is 2.63 bits per heavy atom. The molecule has 1 aliphatic rings. The lowest BCUT2D eigenvalue weighted by molar-refractivity contribution is -0.385. The first-order valence-corrected chi connectivity index (χ1v) is 9.98. The molecule has 1 amide bonds. The van der Waals surface area contributed by atoms with E-state index in [1.54, 1.807) is 6.07 Å². The van der Waals surface area contributed by atoms with Crippen molar-refractivity contribution < 1.29 is 19.2 Å². The molecule has 0 aliphatic carbocycles. The van der Waals surface area contributed by atoms with Crippen LogP contribution >= 0.6 is 11.8 Å². The van der Waals surface area contributed by atoms with Crippen LogP contribution in [0.25, 0.3) is 0 Å². The molecule has 2 aromatic rings. The number of allylic oxidation sites excluding steroid dienone is 1. The number of para-hydroxylation sites is 1. The fourth-order valence-corrected chi connectivity index (χ4v) is 3.93. The fourth-order valence-electron chi connectivity index (χ4n) is 3.06. The minimum absolute atomic E-state index is 0.0870. The second kappa shape index (κ2) is 9.71. The summed E-state index contributed by atoms with van der Waals surface area (Å²) in [6, 6.07) is 17.3. The number of esters is 1. The van der Waals surface area contributed by atoms with Gasteiger partial charge in [-0.15, -0.1) is 0 Å². The highest BCUT2D eigenvalue weighted by Crippen LogP contribution is 2.39. The van der Waals surface area contributed by atoms with Crippen molar-refractivity contribution in [3.8, 4) is 6.07 Å². The van der Waals surface area contributed by atoms with Crippen LogP contribution in [-0.4, -0.2) is 22.6 Å². The Bertz CT molecular complexity index is 1050. The van der Waals surface area contributed by atoms with E-state index in [-0.39, 0.29) is 41.0 Å². The van der Waals surface area contributed by atoms with E-state index in [1.807, 2.05) is 36.4 Å². The number of rotatable bonds is 7. The van der Waals surface area contributed by atoms with Gasteiger partial charge >= 0.3 is 5.97 Å². The molecule has 0 spiro atoms. The predicted octanol–water partition coefficient (Wildman–Crippen LogP) is 3.41. The molecule has 1 N–H and O–H groups in total. The molecule has 8 nitrogen and oxygen atoms in total. The zero-order chi connectivity index (χ0) is 21.5. The highest BCUT2D eigenvalue weighted by molar-refractivity contribution is 8.03. The van der Waals surface area contributed by atoms with Gasteiger partial charge in [-0.25, -0.2) is 0 Å². The summed E-state index contributed by atoms with van der Waals surface area (Å²) >= 11 is 0.971. The Kier molecular flexibility index (Phi) is 6.83. The molecule has 30 heavy (non-hydrogen) atoms. The van der Waals surface area contributed by atoms with Crippen LogP contribution in [0.4, 0.5) is 5.69 Å². The SMILES string of the molecule is N#CC1=C(SCC(=O)OCc2ccccc2)NC(=O)CC1c1ccccc1[N+](=O)[O-]. The fraction of sp³-hybridized carbons (Fsp3) is 0.190. The lowest BCUT2D eigenvalue weighted by Crippen LogP contribution is -2.31. The highest BCUT2D eigenvalue weighted by atomic mass is 32.2. The first kappa shape index (κ1) is 21.1. The van der Waals surface area contributed by atoms with Crippen LogP contribution in [0.15, 0.2) is 65.2 Å². The Labute approximate surface area is 176 Å². The largest absolute Gasteiger partial charge is 0.460 e. The van der Waals surface area contributed by atoms with Crippen molar-refractivity contribution >= 4 is 29.3 Å². The molecule has 0 aromatic heterocycles. The van der Waals surface area contributed by atoms with Gasteiger partial charge in [-0.3, -0.25) is 19.7 Å². The number of nitro groups is 1. The molecule has 1 heterocycles. The maximum Gasteiger partial charge on any atom is 0.316 e. The summed E-state index contributed by atoms with van der Waals surface area (Å²) in [6.07, 6.45) is -0.0870. The highest BCUT2D eigenvalue weighted by Gasteiger charge is 2.33. The molecule has 0 saturated carbocycles. The molecule has 0 fully saturated rings. The van der Waals surface area contributed by atoms with Gasteiger partial charge in [0.15, 0.2) is 0 Å². The minimum Gasteiger partial charge on any atom is -0.460 e. The van der Waals surface area contributed by atoms with Gasteiger partial charge in [-0.1, -0.05) is 60.3 Å². The second-order valence-corrected chi connectivity index (χ2v) is 7.40. The van der Waals surface area contributed by atoms with Gasteiger partial charge in [-0.2, -0.15) is 5.26 Å². The summed E-state index contributed by atoms with van der Waals surface area (Å²) < 4.78 is 5.21. The number of hydrogen-bond donors (Lipinski definition) is 1. The number of ether oxygens (including phenoxy) is 1. The summed E-state index contributed by atoms with van der Waals surface area (Å²) in [5.41, 5.74) is 1.16. The lowest BCUT2D eigenvalue weighted by Gasteiger charge is -2.24. The van der Waals surface area contributed by atoms with Gasteiger partial charge in [-0.05, 0) is 5.56 Å². The number of nitriles is 1. The van der Waals surface area contributed by atoms with Crippen LogP contribution in [0, 0.1) is 21.4 Å². The molecule has 0 bridgehead atoms. The zero-order valence-electron chi connectivity index (χ0n) is 15.7. The first-order chi connectivity index (χ1) is 14.5. The van der Waals surface area contributed by atoms with Crippen molar-refractivity contribution in [1.29, 1.82) is 5.26 Å². The Balaban J connectivity index is 1.76. The van der Waals surface area contributed by atoms with E-state index in [2.05, 4.69) is 5.32 Å². The van der Waals surface area contributed by atoms with Gasteiger partial charge < -0.3 is 10.1 Å². The molecule has 0 radical (unpaired) electrons. The number of thioether (sulfide) groups is 1. The maximum atomic E-state index is 12.2. The summed E-state index contributed by atoms with van der Waals surface area (Å²) in [7, 11) is 0. The number of carbonyl (C=O) groups is 2. The minimum atomic E-state index is -0.756. The van der Waals surface area contributed by atoms with Crippen LogP contribution in [0.2, 0.25) is 0 Å². The number of nitro benzene ring substituents is 1. The van der Waals surface area contributed by atoms with Gasteiger partial charge in [0.2, 0.25) is 5.91 Å². The monoisotopic (exact) mass is 423 g/mol. The molecule has 1 unspecified atom stereocenters. The van der Waals surface area contributed by atoms with Crippen molar-refractivity contribution in [3.05, 3.63) is 86.4 Å². The third kappa shape index (κ3) is 5.04. The number of benzene rings is 2. The van der Waals surface area contributed by atoms with E-state index >= 15 is 0 Å². The summed E-state index contributed by atoms with van der Waals surface area (Å²) in [6.45, 7) is 0.121. The van der Waals surface area contributed by atoms with Crippen LogP contribution in [0.3, 0.4) is 0 Å². The van der Waals surface area contributed by atoms with Crippen LogP contribution in [0.1, 0.15) is 23.5 Å². The van der Waals surface area contributed by atoms with Crippen LogP contribution < -0.4 is 5.32 Å². The third-order valence-electron chi connectivity index (χ3n) is 4.44. The first-order valence-electron chi connectivity index (χ1n) is 8.99. The smallest absolute Gasteiger partial charge is 0.316 e. The van der Waals surface area contributed by atoms with Gasteiger partial charge in [0.25, 0.3) is 5.69 Å². The summed E-state index contributed by atoms with van der Waals surface area (Å²) in [4.78, 5) is 35.1. The quantitative estimate of drug-likeness (QED) is 0.411. The number of amides is 1. The van der Waals surface area contributed by atoms with Gasteiger partial charge in [0.05, 0.1) is 27.3 Å². The van der Waals surface area contributed by atoms with Crippen molar-refractivity contribution in [1.82, 2.24) is 5.32 Å². The standard InChI is InChI=1S/C21H17N3O5S/c22-11-17-16(15-8-4-5-9-18(15)24(27)28)10-19(25)23-21(17)30-13-20(26)29-12-14-6-2-1-3-7-14/h1-9,16H,10,12-13H2,(H,23,25). The number of hydrogen-bond acceptors (Lipinski definition) is 7. The van der Waals surface area contributed by atoms with E-state index in [4.69, 9.17) is 4.74 Å². The molecule has 3 rings (SSSR count). The van der Waals surface area contributed by atoms with Gasteiger partial charge in [0, 0.05) is 24.0 Å². The Hall–Kier alpha value is -3.64. The topological polar surface area (TPSA) is 122 Å². The van der Waals surface area contributed by atoms with Crippen molar-refractivity contribution in [2.75, 3.05) is 5.75 Å². The van der Waals surface area contributed by atoms with E-state index in [0.29, 0.717) is 5.56 Å². The Morgan fingerprint density at radius 1 is 1.23 bits per heavy atom. The van der Waals surface area contributed by atoms with Crippen molar-refractivity contribution in [3.63, 3.8) is 0 Å². The van der Waals surface area contributed by atoms with Crippen LogP contribution in [-0.2, 0) is 20.9 Å². The van der Waals surface area contributed by atoms with Crippen molar-refractivity contribution in [2.24, 2.45) is 0 Å². The molecule has 2 aromatic carbocycles. The van der Waals surface area contributed by atoms with Crippen LogP contribution in [0.5, 0.6) is 0 Å². The van der Waals surface area contributed by atoms with E-state index in [1.165, 1.54) is 18.2 Å². The summed E-state index contributed by atoms with van der Waals surface area (Å²) in [5, 5.41) is 23.8. The third-order valence-corrected chi connectivity index (χ3v) is 5.43. The average molecular weight is 423 g/mol. The average Bonchev–Trinajstić information content (AvgIpc) is 2.76. The normalized spacial score (nSPS) is 15.8. The molecule has 1 atom stereocenters. The lowest BCUT2D eigenvalue weighted by atomic mass is 9.86. The molecular weight excluding hydrogens is 406 g/mol. The number of nitrogens with zero attached hydrogens (tertiary/aromatic N) is 2. The summed E-state index contributed by atoms with van der Waals surface area (Å²) in [5.74, 6) is -1.75. The van der Waals surface area contributed by atoms with E-state index in [9.17, 15) is 25.0 Å². The molecule has 1 aliphatic heterocycles. The molecular formula is C21H17N3O5S.